The zero-order chi connectivity index (χ0) is 18.1. The summed E-state index contributed by atoms with van der Waals surface area (Å²) in [7, 11) is 3.35. The number of esters is 1. The van der Waals surface area contributed by atoms with Gasteiger partial charge in [-0.05, 0) is 40.7 Å². The van der Waals surface area contributed by atoms with Crippen molar-refractivity contribution in [3.8, 4) is 6.07 Å². The summed E-state index contributed by atoms with van der Waals surface area (Å²) in [4.78, 5) is 28.9. The SMILES string of the molecule is COC(=O)[C@@]1(CC#N)C[C@H]2CN(C)C[C@@H](C1)N2C(=O)OC(C)(C)C. The maximum absolute atomic E-state index is 12.6. The number of hydrogen-bond donors (Lipinski definition) is 0. The van der Waals surface area contributed by atoms with Crippen LogP contribution in [0.25, 0.3) is 0 Å². The second kappa shape index (κ2) is 6.60. The van der Waals surface area contributed by atoms with E-state index in [1.807, 2.05) is 27.8 Å². The van der Waals surface area contributed by atoms with Crippen molar-refractivity contribution in [2.24, 2.45) is 5.41 Å². The van der Waals surface area contributed by atoms with Crippen LogP contribution < -0.4 is 0 Å². The van der Waals surface area contributed by atoms with Crippen LogP contribution in [-0.4, -0.2) is 66.8 Å². The van der Waals surface area contributed by atoms with Crippen LogP contribution in [0.15, 0.2) is 0 Å². The Bertz CT molecular complexity index is 533. The second-order valence-corrected chi connectivity index (χ2v) is 7.93. The summed E-state index contributed by atoms with van der Waals surface area (Å²) in [5.74, 6) is -0.354. The summed E-state index contributed by atoms with van der Waals surface area (Å²) in [5, 5.41) is 9.20. The monoisotopic (exact) mass is 337 g/mol. The fourth-order valence-corrected chi connectivity index (χ4v) is 3.94. The molecule has 0 N–H and O–H groups in total. The molecule has 0 spiro atoms. The molecule has 134 valence electrons. The molecule has 3 atom stereocenters. The fourth-order valence-electron chi connectivity index (χ4n) is 3.94. The molecule has 7 nitrogen and oxygen atoms in total. The van der Waals surface area contributed by atoms with E-state index in [9.17, 15) is 14.9 Å². The van der Waals surface area contributed by atoms with E-state index in [0.717, 1.165) is 0 Å². The molecule has 24 heavy (non-hydrogen) atoms. The van der Waals surface area contributed by atoms with Crippen molar-refractivity contribution in [2.45, 2.75) is 57.7 Å². The number of nitrogens with zero attached hydrogens (tertiary/aromatic N) is 3. The number of ether oxygens (including phenoxy) is 2. The van der Waals surface area contributed by atoms with Crippen LogP contribution in [-0.2, 0) is 14.3 Å². The average Bonchev–Trinajstić information content (AvgIpc) is 2.43. The van der Waals surface area contributed by atoms with Gasteiger partial charge in [-0.15, -0.1) is 0 Å². The number of carbonyl (C=O) groups excluding carboxylic acids is 2. The van der Waals surface area contributed by atoms with Crippen LogP contribution in [0, 0.1) is 16.7 Å². The Morgan fingerprint density at radius 2 is 1.79 bits per heavy atom. The lowest BCUT2D eigenvalue weighted by Crippen LogP contribution is -2.66. The van der Waals surface area contributed by atoms with Crippen molar-refractivity contribution >= 4 is 12.1 Å². The van der Waals surface area contributed by atoms with Gasteiger partial charge in [0.05, 0.1) is 25.0 Å². The highest BCUT2D eigenvalue weighted by atomic mass is 16.6. The Hall–Kier alpha value is -1.81. The minimum absolute atomic E-state index is 0.110. The van der Waals surface area contributed by atoms with Gasteiger partial charge in [0.2, 0.25) is 0 Å². The molecule has 0 radical (unpaired) electrons. The van der Waals surface area contributed by atoms with E-state index in [2.05, 4.69) is 11.0 Å². The van der Waals surface area contributed by atoms with Crippen LogP contribution in [0.2, 0.25) is 0 Å². The molecule has 7 heteroatoms. The van der Waals surface area contributed by atoms with E-state index in [-0.39, 0.29) is 30.6 Å². The number of likely N-dealkylation sites (N-methyl/N-ethyl adjacent to an activating group) is 1. The number of amides is 1. The van der Waals surface area contributed by atoms with E-state index >= 15 is 0 Å². The molecule has 2 rings (SSSR count). The molecule has 0 saturated carbocycles. The van der Waals surface area contributed by atoms with Gasteiger partial charge in [0, 0.05) is 25.2 Å². The van der Waals surface area contributed by atoms with Gasteiger partial charge in [0.15, 0.2) is 0 Å². The second-order valence-electron chi connectivity index (χ2n) is 7.93. The zero-order valence-corrected chi connectivity index (χ0v) is 15.2. The molecule has 0 aliphatic carbocycles. The van der Waals surface area contributed by atoms with Crippen LogP contribution >= 0.6 is 0 Å². The molecular formula is C17H27N3O4. The minimum atomic E-state index is -0.835. The molecule has 2 aliphatic heterocycles. The summed E-state index contributed by atoms with van der Waals surface area (Å²) < 4.78 is 10.5. The quantitative estimate of drug-likeness (QED) is 0.714. The maximum Gasteiger partial charge on any atom is 0.410 e. The van der Waals surface area contributed by atoms with Crippen LogP contribution in [0.3, 0.4) is 0 Å². The summed E-state index contributed by atoms with van der Waals surface area (Å²) >= 11 is 0. The van der Waals surface area contributed by atoms with Gasteiger partial charge >= 0.3 is 12.1 Å². The number of carbonyl (C=O) groups is 2. The zero-order valence-electron chi connectivity index (χ0n) is 15.2. The lowest BCUT2D eigenvalue weighted by Gasteiger charge is -2.53. The number of hydrogen-bond acceptors (Lipinski definition) is 6. The smallest absolute Gasteiger partial charge is 0.410 e. The Kier molecular flexibility index (Phi) is 5.09. The van der Waals surface area contributed by atoms with Crippen LogP contribution in [0.1, 0.15) is 40.0 Å². The largest absolute Gasteiger partial charge is 0.469 e. The van der Waals surface area contributed by atoms with Crippen molar-refractivity contribution in [1.29, 1.82) is 5.26 Å². The van der Waals surface area contributed by atoms with Gasteiger partial charge in [-0.1, -0.05) is 0 Å². The highest BCUT2D eigenvalue weighted by Crippen LogP contribution is 2.44. The summed E-state index contributed by atoms with van der Waals surface area (Å²) in [5.41, 5.74) is -1.40. The minimum Gasteiger partial charge on any atom is -0.469 e. The molecule has 2 saturated heterocycles. The highest BCUT2D eigenvalue weighted by molar-refractivity contribution is 5.78. The molecular weight excluding hydrogens is 310 g/mol. The molecule has 2 aliphatic rings. The molecule has 0 aromatic carbocycles. The predicted molar refractivity (Wildman–Crippen MR) is 87.1 cm³/mol. The standard InChI is InChI=1S/C17H27N3O4/c1-16(2,3)24-15(22)20-12-8-17(6-7-18,14(21)23-5)9-13(20)11-19(4)10-12/h12-13H,6,8-11H2,1-5H3/t12-,13+,17-. The first-order valence-electron chi connectivity index (χ1n) is 8.27. The average molecular weight is 337 g/mol. The van der Waals surface area contributed by atoms with Crippen molar-refractivity contribution in [1.82, 2.24) is 9.80 Å². The number of rotatable bonds is 2. The van der Waals surface area contributed by atoms with Crippen molar-refractivity contribution < 1.29 is 19.1 Å². The van der Waals surface area contributed by atoms with Gasteiger partial charge in [-0.2, -0.15) is 5.26 Å². The Balaban J connectivity index is 2.29. The van der Waals surface area contributed by atoms with Crippen molar-refractivity contribution in [3.05, 3.63) is 0 Å². The number of piperazine rings is 1. The summed E-state index contributed by atoms with van der Waals surface area (Å²) in [6, 6.07) is 1.80. The van der Waals surface area contributed by atoms with Gasteiger partial charge in [0.25, 0.3) is 0 Å². The first kappa shape index (κ1) is 18.5. The molecule has 2 heterocycles. The van der Waals surface area contributed by atoms with Gasteiger partial charge in [0.1, 0.15) is 5.60 Å². The maximum atomic E-state index is 12.6. The third-order valence-electron chi connectivity index (χ3n) is 4.72. The predicted octanol–water partition coefficient (Wildman–Crippen LogP) is 1.77. The fraction of sp³-hybridized carbons (Fsp3) is 0.824. The van der Waals surface area contributed by atoms with E-state index in [1.54, 1.807) is 4.90 Å². The Morgan fingerprint density at radius 1 is 1.25 bits per heavy atom. The molecule has 0 aromatic rings. The summed E-state index contributed by atoms with van der Waals surface area (Å²) in [6.45, 7) is 6.82. The third kappa shape index (κ3) is 3.64. The topological polar surface area (TPSA) is 82.9 Å². The highest BCUT2D eigenvalue weighted by Gasteiger charge is 2.54. The molecule has 2 fully saturated rings. The van der Waals surface area contributed by atoms with E-state index in [4.69, 9.17) is 9.47 Å². The van der Waals surface area contributed by atoms with Crippen LogP contribution in [0.5, 0.6) is 0 Å². The van der Waals surface area contributed by atoms with Crippen molar-refractivity contribution in [2.75, 3.05) is 27.2 Å². The summed E-state index contributed by atoms with van der Waals surface area (Å²) in [6.07, 6.45) is 0.611. The first-order chi connectivity index (χ1) is 11.1. The van der Waals surface area contributed by atoms with E-state index < -0.39 is 11.0 Å². The van der Waals surface area contributed by atoms with Gasteiger partial charge in [-0.25, -0.2) is 4.79 Å². The Labute approximate surface area is 143 Å². The van der Waals surface area contributed by atoms with Crippen LogP contribution in [0.4, 0.5) is 4.79 Å². The van der Waals surface area contributed by atoms with Gasteiger partial charge < -0.3 is 14.4 Å². The van der Waals surface area contributed by atoms with E-state index in [1.165, 1.54) is 7.11 Å². The molecule has 1 amide bonds. The number of likely N-dealkylation sites (tertiary alicyclic amines) is 1. The number of nitriles is 1. The lowest BCUT2D eigenvalue weighted by molar-refractivity contribution is -0.161. The first-order valence-corrected chi connectivity index (χ1v) is 8.27. The molecule has 0 unspecified atom stereocenters. The van der Waals surface area contributed by atoms with Crippen molar-refractivity contribution in [3.63, 3.8) is 0 Å². The lowest BCUT2D eigenvalue weighted by atomic mass is 9.69. The number of piperidine rings is 1. The van der Waals surface area contributed by atoms with E-state index in [0.29, 0.717) is 25.9 Å². The number of methoxy groups -OCH3 is 1. The third-order valence-corrected chi connectivity index (χ3v) is 4.72. The number of fused-ring (bicyclic) bond motifs is 2. The molecule has 2 bridgehead atoms. The molecule has 0 aromatic heterocycles. The van der Waals surface area contributed by atoms with Gasteiger partial charge in [-0.3, -0.25) is 9.69 Å². The Morgan fingerprint density at radius 3 is 2.21 bits per heavy atom. The normalized spacial score (nSPS) is 30.4.